The molecule has 6 rings (SSSR count). The number of nitrogens with zero attached hydrogens (tertiary/aromatic N) is 3. The van der Waals surface area contributed by atoms with Gasteiger partial charge < -0.3 is 18.6 Å². The Hall–Kier alpha value is -4.61. The van der Waals surface area contributed by atoms with Crippen LogP contribution in [0.25, 0.3) is 17.0 Å². The van der Waals surface area contributed by atoms with Crippen molar-refractivity contribution in [2.45, 2.75) is 29.9 Å². The van der Waals surface area contributed by atoms with Crippen molar-refractivity contribution in [3.05, 3.63) is 109 Å². The summed E-state index contributed by atoms with van der Waals surface area (Å²) in [6, 6.07) is 18.1. The quantitative estimate of drug-likeness (QED) is 0.223. The molecule has 11 heteroatoms. The van der Waals surface area contributed by atoms with Gasteiger partial charge in [-0.05, 0) is 67.6 Å². The Morgan fingerprint density at radius 2 is 1.91 bits per heavy atom. The Bertz CT molecular complexity index is 2070. The first-order valence-electron chi connectivity index (χ1n) is 13.4. The molecule has 3 aromatic heterocycles. The first kappa shape index (κ1) is 28.5. The summed E-state index contributed by atoms with van der Waals surface area (Å²) in [4.78, 5) is 37.7. The molecule has 1 aliphatic heterocycles. The third-order valence-electron chi connectivity index (χ3n) is 6.92. The lowest BCUT2D eigenvalue weighted by Crippen LogP contribution is -2.39. The van der Waals surface area contributed by atoms with E-state index in [1.165, 1.54) is 34.8 Å². The Balaban J connectivity index is 1.42. The van der Waals surface area contributed by atoms with Gasteiger partial charge in [-0.3, -0.25) is 14.3 Å². The molecule has 0 saturated carbocycles. The molecule has 0 radical (unpaired) electrons. The van der Waals surface area contributed by atoms with Gasteiger partial charge in [0.25, 0.3) is 5.56 Å². The van der Waals surface area contributed by atoms with Crippen molar-refractivity contribution in [2.24, 2.45) is 4.99 Å². The molecule has 5 aromatic rings. The monoisotopic (exact) mass is 613 g/mol. The summed E-state index contributed by atoms with van der Waals surface area (Å²) in [6.07, 6.45) is 3.47. The molecule has 0 amide bonds. The molecule has 43 heavy (non-hydrogen) atoms. The van der Waals surface area contributed by atoms with Gasteiger partial charge in [0.2, 0.25) is 0 Å². The number of esters is 1. The van der Waals surface area contributed by atoms with Gasteiger partial charge in [0.1, 0.15) is 5.76 Å². The zero-order valence-corrected chi connectivity index (χ0v) is 25.5. The minimum Gasteiger partial charge on any atom is -0.493 e. The minimum absolute atomic E-state index is 0.187. The molecular weight excluding hydrogens is 587 g/mol. The first-order chi connectivity index (χ1) is 20.9. The second kappa shape index (κ2) is 11.9. The predicted molar refractivity (Wildman–Crippen MR) is 165 cm³/mol. The molecule has 4 heterocycles. The SMILES string of the molecule is CCOC(=O)C1=C(C)N=c2s/c(=C\c3ccc(Sc4cccc5cccnc45)o3)c(=O)n2[C@H]1c1ccc(OC)c(OC)c1. The van der Waals surface area contributed by atoms with Crippen LogP contribution in [0.1, 0.15) is 31.2 Å². The number of ether oxygens (including phenoxy) is 3. The number of rotatable bonds is 8. The van der Waals surface area contributed by atoms with Crippen LogP contribution >= 0.6 is 23.1 Å². The molecule has 0 unspecified atom stereocenters. The van der Waals surface area contributed by atoms with Gasteiger partial charge in [-0.25, -0.2) is 9.79 Å². The van der Waals surface area contributed by atoms with Crippen LogP contribution in [0.5, 0.6) is 11.5 Å². The Labute approximate surface area is 254 Å². The molecule has 1 aliphatic rings. The summed E-state index contributed by atoms with van der Waals surface area (Å²) in [5.74, 6) is 0.989. The van der Waals surface area contributed by atoms with Crippen LogP contribution in [-0.4, -0.2) is 36.3 Å². The van der Waals surface area contributed by atoms with Crippen molar-refractivity contribution in [3.63, 3.8) is 0 Å². The van der Waals surface area contributed by atoms with Crippen LogP contribution < -0.4 is 24.4 Å². The van der Waals surface area contributed by atoms with Gasteiger partial charge in [0.05, 0.1) is 48.2 Å². The van der Waals surface area contributed by atoms with Crippen molar-refractivity contribution in [3.8, 4) is 11.5 Å². The van der Waals surface area contributed by atoms with E-state index in [1.807, 2.05) is 42.5 Å². The van der Waals surface area contributed by atoms with Gasteiger partial charge >= 0.3 is 5.97 Å². The van der Waals surface area contributed by atoms with E-state index in [2.05, 4.69) is 9.98 Å². The van der Waals surface area contributed by atoms with Crippen LogP contribution in [0.3, 0.4) is 0 Å². The van der Waals surface area contributed by atoms with E-state index in [-0.39, 0.29) is 17.7 Å². The van der Waals surface area contributed by atoms with Gasteiger partial charge in [0.15, 0.2) is 21.4 Å². The van der Waals surface area contributed by atoms with Gasteiger partial charge in [-0.2, -0.15) is 0 Å². The lowest BCUT2D eigenvalue weighted by molar-refractivity contribution is -0.139. The summed E-state index contributed by atoms with van der Waals surface area (Å²) >= 11 is 2.69. The lowest BCUT2D eigenvalue weighted by Gasteiger charge is -2.25. The number of furan rings is 1. The van der Waals surface area contributed by atoms with Gasteiger partial charge in [-0.1, -0.05) is 35.6 Å². The molecule has 0 bridgehead atoms. The number of fused-ring (bicyclic) bond motifs is 2. The van der Waals surface area contributed by atoms with E-state index < -0.39 is 12.0 Å². The fraction of sp³-hybridized carbons (Fsp3) is 0.188. The van der Waals surface area contributed by atoms with Crippen LogP contribution in [0.4, 0.5) is 0 Å². The number of carbonyl (C=O) groups is 1. The van der Waals surface area contributed by atoms with Crippen LogP contribution in [0, 0.1) is 0 Å². The molecule has 0 saturated heterocycles. The molecule has 218 valence electrons. The van der Waals surface area contributed by atoms with E-state index in [9.17, 15) is 9.59 Å². The van der Waals surface area contributed by atoms with Crippen molar-refractivity contribution in [1.29, 1.82) is 0 Å². The summed E-state index contributed by atoms with van der Waals surface area (Å²) in [7, 11) is 3.08. The normalized spacial score (nSPS) is 14.9. The van der Waals surface area contributed by atoms with E-state index in [0.717, 1.165) is 15.8 Å². The third-order valence-corrected chi connectivity index (χ3v) is 8.87. The summed E-state index contributed by atoms with van der Waals surface area (Å²) in [5, 5.41) is 1.71. The van der Waals surface area contributed by atoms with Crippen molar-refractivity contribution < 1.29 is 23.4 Å². The molecule has 0 fully saturated rings. The molecule has 0 N–H and O–H groups in total. The zero-order chi connectivity index (χ0) is 30.1. The number of hydrogen-bond donors (Lipinski definition) is 0. The van der Waals surface area contributed by atoms with Crippen LogP contribution in [0.15, 0.2) is 102 Å². The second-order valence-corrected chi connectivity index (χ2v) is 11.6. The lowest BCUT2D eigenvalue weighted by atomic mass is 9.95. The van der Waals surface area contributed by atoms with Crippen molar-refractivity contribution in [1.82, 2.24) is 9.55 Å². The summed E-state index contributed by atoms with van der Waals surface area (Å²) in [5.41, 5.74) is 2.01. The number of pyridine rings is 1. The molecule has 9 nitrogen and oxygen atoms in total. The number of carbonyl (C=O) groups excluding carboxylic acids is 1. The van der Waals surface area contributed by atoms with Gasteiger partial charge in [0, 0.05) is 22.6 Å². The number of allylic oxidation sites excluding steroid dienone is 1. The number of hydrogen-bond acceptors (Lipinski definition) is 10. The van der Waals surface area contributed by atoms with E-state index in [1.54, 1.807) is 51.4 Å². The maximum Gasteiger partial charge on any atom is 0.338 e. The zero-order valence-electron chi connectivity index (χ0n) is 23.8. The van der Waals surface area contributed by atoms with E-state index in [0.29, 0.717) is 42.9 Å². The van der Waals surface area contributed by atoms with E-state index in [4.69, 9.17) is 18.6 Å². The smallest absolute Gasteiger partial charge is 0.338 e. The average molecular weight is 614 g/mol. The first-order valence-corrected chi connectivity index (χ1v) is 15.1. The largest absolute Gasteiger partial charge is 0.493 e. The minimum atomic E-state index is -0.779. The fourth-order valence-electron chi connectivity index (χ4n) is 4.99. The number of thiazole rings is 1. The maximum absolute atomic E-state index is 14.0. The molecule has 1 atom stereocenters. The summed E-state index contributed by atoms with van der Waals surface area (Å²) in [6.45, 7) is 3.67. The number of benzene rings is 2. The highest BCUT2D eigenvalue weighted by Crippen LogP contribution is 2.36. The van der Waals surface area contributed by atoms with Crippen LogP contribution in [-0.2, 0) is 9.53 Å². The second-order valence-electron chi connectivity index (χ2n) is 9.51. The Kier molecular flexibility index (Phi) is 7.92. The molecular formula is C32H27N3O6S2. The van der Waals surface area contributed by atoms with Crippen LogP contribution in [0.2, 0.25) is 0 Å². The molecule has 2 aromatic carbocycles. The highest BCUT2D eigenvalue weighted by molar-refractivity contribution is 7.99. The molecule has 0 spiro atoms. The third kappa shape index (κ3) is 5.37. The standard InChI is InChI=1S/C32H27N3O6S2/c1-5-40-31(37)27-18(2)34-32-35(29(27)20-11-13-22(38-3)23(16-20)39-4)30(36)25(43-32)17-21-12-14-26(41-21)42-24-10-6-8-19-9-7-15-33-28(19)24/h6-17,29H,5H2,1-4H3/b25-17-/t29-/m0/s1. The molecule has 0 aliphatic carbocycles. The highest BCUT2D eigenvalue weighted by Gasteiger charge is 2.34. The summed E-state index contributed by atoms with van der Waals surface area (Å²) < 4.78 is 24.3. The number of methoxy groups -OCH3 is 2. The Morgan fingerprint density at radius 3 is 2.70 bits per heavy atom. The van der Waals surface area contributed by atoms with E-state index >= 15 is 0 Å². The number of aromatic nitrogens is 2. The topological polar surface area (TPSA) is 105 Å². The maximum atomic E-state index is 14.0. The number of para-hydroxylation sites is 1. The van der Waals surface area contributed by atoms with Crippen molar-refractivity contribution >= 4 is 46.0 Å². The highest BCUT2D eigenvalue weighted by atomic mass is 32.2. The Morgan fingerprint density at radius 1 is 1.09 bits per heavy atom. The average Bonchev–Trinajstić information content (AvgIpc) is 3.59. The van der Waals surface area contributed by atoms with Gasteiger partial charge in [-0.15, -0.1) is 0 Å². The predicted octanol–water partition coefficient (Wildman–Crippen LogP) is 5.11. The fourth-order valence-corrected chi connectivity index (χ4v) is 6.92. The van der Waals surface area contributed by atoms with Crippen molar-refractivity contribution in [2.75, 3.05) is 20.8 Å².